The van der Waals surface area contributed by atoms with E-state index in [1.54, 1.807) is 0 Å². The molecule has 1 aromatic heterocycles. The third-order valence-electron chi connectivity index (χ3n) is 3.66. The largest absolute Gasteiger partial charge is 0.325 e. The second kappa shape index (κ2) is 4.14. The zero-order chi connectivity index (χ0) is 13.4. The molecule has 0 radical (unpaired) electrons. The van der Waals surface area contributed by atoms with E-state index in [0.717, 1.165) is 11.3 Å². The van der Waals surface area contributed by atoms with Gasteiger partial charge in [0.25, 0.3) is 0 Å². The van der Waals surface area contributed by atoms with E-state index in [-0.39, 0.29) is 5.91 Å². The SMILES string of the molecule is Cc1[nH]nc(NC(=O)C(C)(C)C(C)(C)N)c1C. The number of aromatic nitrogens is 2. The van der Waals surface area contributed by atoms with Crippen LogP contribution in [0.2, 0.25) is 0 Å². The first-order valence-electron chi connectivity index (χ1n) is 5.69. The summed E-state index contributed by atoms with van der Waals surface area (Å²) < 4.78 is 0. The van der Waals surface area contributed by atoms with Gasteiger partial charge in [0.15, 0.2) is 5.82 Å². The van der Waals surface area contributed by atoms with Gasteiger partial charge in [0.05, 0.1) is 5.41 Å². The predicted octanol–water partition coefficient (Wildman–Crippen LogP) is 1.73. The first-order chi connectivity index (χ1) is 7.57. The van der Waals surface area contributed by atoms with Crippen LogP contribution >= 0.6 is 0 Å². The number of anilines is 1. The van der Waals surface area contributed by atoms with Crippen molar-refractivity contribution < 1.29 is 4.79 Å². The van der Waals surface area contributed by atoms with E-state index in [9.17, 15) is 4.79 Å². The lowest BCUT2D eigenvalue weighted by Gasteiger charge is -2.36. The van der Waals surface area contributed by atoms with Gasteiger partial charge in [-0.25, -0.2) is 0 Å². The Morgan fingerprint density at radius 2 is 1.82 bits per heavy atom. The summed E-state index contributed by atoms with van der Waals surface area (Å²) in [7, 11) is 0. The fourth-order valence-corrected chi connectivity index (χ4v) is 1.16. The Bertz CT molecular complexity index is 426. The van der Waals surface area contributed by atoms with E-state index >= 15 is 0 Å². The normalized spacial score (nSPS) is 12.6. The van der Waals surface area contributed by atoms with Gasteiger partial charge in [-0.1, -0.05) is 0 Å². The van der Waals surface area contributed by atoms with Crippen LogP contribution in [0.15, 0.2) is 0 Å². The summed E-state index contributed by atoms with van der Waals surface area (Å²) in [5.74, 6) is 0.449. The number of nitrogens with one attached hydrogen (secondary N) is 2. The van der Waals surface area contributed by atoms with Crippen molar-refractivity contribution in [1.82, 2.24) is 10.2 Å². The van der Waals surface area contributed by atoms with Crippen molar-refractivity contribution in [2.75, 3.05) is 5.32 Å². The zero-order valence-electron chi connectivity index (χ0n) is 11.4. The molecule has 1 aromatic rings. The summed E-state index contributed by atoms with van der Waals surface area (Å²) in [6.45, 7) is 11.2. The highest BCUT2D eigenvalue weighted by Crippen LogP contribution is 2.30. The second-order valence-corrected chi connectivity index (χ2v) is 5.62. The van der Waals surface area contributed by atoms with Crippen LogP contribution in [-0.2, 0) is 4.79 Å². The third-order valence-corrected chi connectivity index (χ3v) is 3.66. The van der Waals surface area contributed by atoms with Crippen molar-refractivity contribution in [2.45, 2.75) is 47.1 Å². The highest BCUT2D eigenvalue weighted by Gasteiger charge is 2.40. The maximum Gasteiger partial charge on any atom is 0.233 e. The number of aromatic amines is 1. The van der Waals surface area contributed by atoms with Gasteiger partial charge >= 0.3 is 0 Å². The molecule has 0 fully saturated rings. The molecule has 1 rings (SSSR count). The molecule has 0 aliphatic heterocycles. The molecule has 0 bridgehead atoms. The number of aryl methyl sites for hydroxylation is 1. The molecule has 0 aliphatic rings. The Labute approximate surface area is 102 Å². The molecule has 96 valence electrons. The number of amides is 1. The van der Waals surface area contributed by atoms with E-state index < -0.39 is 11.0 Å². The second-order valence-electron chi connectivity index (χ2n) is 5.62. The van der Waals surface area contributed by atoms with E-state index in [4.69, 9.17) is 5.73 Å². The monoisotopic (exact) mass is 238 g/mol. The van der Waals surface area contributed by atoms with Gasteiger partial charge < -0.3 is 11.1 Å². The van der Waals surface area contributed by atoms with Crippen LogP contribution in [0.3, 0.4) is 0 Å². The third kappa shape index (κ3) is 2.49. The fourth-order valence-electron chi connectivity index (χ4n) is 1.16. The van der Waals surface area contributed by atoms with Crippen LogP contribution in [0.4, 0.5) is 5.82 Å². The number of nitrogens with two attached hydrogens (primary N) is 1. The van der Waals surface area contributed by atoms with Crippen LogP contribution in [0.25, 0.3) is 0 Å². The highest BCUT2D eigenvalue weighted by atomic mass is 16.2. The molecule has 5 nitrogen and oxygen atoms in total. The van der Waals surface area contributed by atoms with Crippen LogP contribution in [-0.4, -0.2) is 21.6 Å². The summed E-state index contributed by atoms with van der Waals surface area (Å²) in [5, 5.41) is 9.71. The van der Waals surface area contributed by atoms with Crippen molar-refractivity contribution >= 4 is 11.7 Å². The van der Waals surface area contributed by atoms with Gasteiger partial charge in [-0.05, 0) is 41.5 Å². The van der Waals surface area contributed by atoms with Gasteiger partial charge in [0.1, 0.15) is 0 Å². The Morgan fingerprint density at radius 1 is 1.29 bits per heavy atom. The Morgan fingerprint density at radius 3 is 2.18 bits per heavy atom. The van der Waals surface area contributed by atoms with E-state index in [0.29, 0.717) is 5.82 Å². The van der Waals surface area contributed by atoms with Gasteiger partial charge in [-0.3, -0.25) is 9.89 Å². The predicted molar refractivity (Wildman–Crippen MR) is 68.7 cm³/mol. The molecule has 0 aliphatic carbocycles. The molecule has 5 heteroatoms. The topological polar surface area (TPSA) is 83.8 Å². The maximum absolute atomic E-state index is 12.2. The summed E-state index contributed by atoms with van der Waals surface area (Å²) >= 11 is 0. The minimum atomic E-state index is -0.674. The van der Waals surface area contributed by atoms with Crippen molar-refractivity contribution in [3.8, 4) is 0 Å². The molecule has 1 heterocycles. The number of hydrogen-bond donors (Lipinski definition) is 3. The smallest absolute Gasteiger partial charge is 0.233 e. The average Bonchev–Trinajstić information content (AvgIpc) is 2.47. The lowest BCUT2D eigenvalue weighted by molar-refractivity contribution is -0.126. The van der Waals surface area contributed by atoms with Crippen molar-refractivity contribution in [3.05, 3.63) is 11.3 Å². The average molecular weight is 238 g/mol. The molecule has 1 amide bonds. The van der Waals surface area contributed by atoms with E-state index in [1.807, 2.05) is 41.5 Å². The van der Waals surface area contributed by atoms with Crippen LogP contribution in [0, 0.1) is 19.3 Å². The number of nitrogens with zero attached hydrogens (tertiary/aromatic N) is 1. The molecular formula is C12H22N4O. The quantitative estimate of drug-likeness (QED) is 0.749. The van der Waals surface area contributed by atoms with Crippen molar-refractivity contribution in [2.24, 2.45) is 11.1 Å². The molecule has 4 N–H and O–H groups in total. The molecule has 0 aromatic carbocycles. The van der Waals surface area contributed by atoms with Gasteiger partial charge in [0, 0.05) is 16.8 Å². The summed E-state index contributed by atoms with van der Waals surface area (Å²) in [4.78, 5) is 12.2. The summed E-state index contributed by atoms with van der Waals surface area (Å²) in [6.07, 6.45) is 0. The summed E-state index contributed by atoms with van der Waals surface area (Å²) in [6, 6.07) is 0. The standard InChI is InChI=1S/C12H22N4O/c1-7-8(2)15-16-9(7)14-10(17)11(3,4)12(5,6)13/h13H2,1-6H3,(H2,14,15,16,17). The van der Waals surface area contributed by atoms with Crippen LogP contribution < -0.4 is 11.1 Å². The number of H-pyrrole nitrogens is 1. The minimum Gasteiger partial charge on any atom is -0.325 e. The lowest BCUT2D eigenvalue weighted by atomic mass is 9.74. The maximum atomic E-state index is 12.2. The zero-order valence-corrected chi connectivity index (χ0v) is 11.4. The van der Waals surface area contributed by atoms with E-state index in [1.165, 1.54) is 0 Å². The number of carbonyl (C=O) groups is 1. The highest BCUT2D eigenvalue weighted by molar-refractivity contribution is 5.95. The molecule has 0 saturated carbocycles. The lowest BCUT2D eigenvalue weighted by Crippen LogP contribution is -2.53. The van der Waals surface area contributed by atoms with Crippen molar-refractivity contribution in [1.29, 1.82) is 0 Å². The Balaban J connectivity index is 2.91. The first kappa shape index (κ1) is 13.7. The first-order valence-corrected chi connectivity index (χ1v) is 5.69. The fraction of sp³-hybridized carbons (Fsp3) is 0.667. The molecule has 17 heavy (non-hydrogen) atoms. The Kier molecular flexibility index (Phi) is 3.34. The van der Waals surface area contributed by atoms with Crippen LogP contribution in [0.1, 0.15) is 39.0 Å². The van der Waals surface area contributed by atoms with Gasteiger partial charge in [-0.15, -0.1) is 0 Å². The van der Waals surface area contributed by atoms with E-state index in [2.05, 4.69) is 15.5 Å². The number of rotatable bonds is 3. The molecular weight excluding hydrogens is 216 g/mol. The van der Waals surface area contributed by atoms with Crippen LogP contribution in [0.5, 0.6) is 0 Å². The number of carbonyl (C=O) groups excluding carboxylic acids is 1. The molecule has 0 saturated heterocycles. The van der Waals surface area contributed by atoms with Gasteiger partial charge in [0.2, 0.25) is 5.91 Å². The summed E-state index contributed by atoms with van der Waals surface area (Å²) in [5.41, 5.74) is 6.64. The minimum absolute atomic E-state index is 0.125. The Hall–Kier alpha value is -1.36. The number of hydrogen-bond acceptors (Lipinski definition) is 3. The molecule has 0 spiro atoms. The van der Waals surface area contributed by atoms with Gasteiger partial charge in [-0.2, -0.15) is 5.10 Å². The molecule has 0 atom stereocenters. The molecule has 0 unspecified atom stereocenters. The van der Waals surface area contributed by atoms with Crippen molar-refractivity contribution in [3.63, 3.8) is 0 Å².